The molecule has 0 saturated heterocycles. The summed E-state index contributed by atoms with van der Waals surface area (Å²) in [6, 6.07) is 24.1. The van der Waals surface area contributed by atoms with Crippen LogP contribution in [0.3, 0.4) is 0 Å². The van der Waals surface area contributed by atoms with Gasteiger partial charge in [-0.05, 0) is 23.8 Å². The molecule has 5 nitrogen and oxygen atoms in total. The number of thiazole rings is 1. The average Bonchev–Trinajstić information content (AvgIpc) is 3.41. The Balaban J connectivity index is 1.59. The first-order valence-electron chi connectivity index (χ1n) is 9.55. The molecule has 0 bridgehead atoms. The maximum absolute atomic E-state index is 6.08. The molecule has 0 N–H and O–H groups in total. The van der Waals surface area contributed by atoms with E-state index in [0.717, 1.165) is 38.4 Å². The van der Waals surface area contributed by atoms with Gasteiger partial charge in [-0.1, -0.05) is 54.6 Å². The third-order valence-corrected chi connectivity index (χ3v) is 5.46. The molecule has 3 aromatic heterocycles. The molecule has 0 aliphatic heterocycles. The molecular weight excluding hydrogens is 392 g/mol. The van der Waals surface area contributed by atoms with E-state index in [2.05, 4.69) is 17.1 Å². The third-order valence-electron chi connectivity index (χ3n) is 4.61. The molecule has 0 saturated carbocycles. The second-order valence-corrected chi connectivity index (χ2v) is 7.53. The summed E-state index contributed by atoms with van der Waals surface area (Å²) in [4.78, 5) is 9.75. The molecule has 0 aliphatic rings. The van der Waals surface area contributed by atoms with Crippen LogP contribution in [0.25, 0.3) is 22.4 Å². The quantitative estimate of drug-likeness (QED) is 0.367. The Morgan fingerprint density at radius 2 is 1.87 bits per heavy atom. The van der Waals surface area contributed by atoms with E-state index in [9.17, 15) is 0 Å². The van der Waals surface area contributed by atoms with E-state index in [0.29, 0.717) is 6.54 Å². The Kier molecular flexibility index (Phi) is 5.06. The predicted molar refractivity (Wildman–Crippen MR) is 120 cm³/mol. The lowest BCUT2D eigenvalue weighted by molar-refractivity contribution is 0.621. The summed E-state index contributed by atoms with van der Waals surface area (Å²) < 4.78 is 7.91. The number of pyridine rings is 1. The van der Waals surface area contributed by atoms with Gasteiger partial charge >= 0.3 is 0 Å². The van der Waals surface area contributed by atoms with Gasteiger partial charge in [0, 0.05) is 28.7 Å². The number of fused-ring (bicyclic) bond motifs is 1. The standard InChI is InChI=1S/C24H18N4OS/c1-2-7-18(8-3-1)15-26-24-28(27-16-19-9-6-12-25-14-19)21(17-30-24)23-13-20-10-4-5-11-22(20)29-23/h1-14,16-17H,15H2. The number of para-hydroxylation sites is 1. The maximum atomic E-state index is 6.08. The summed E-state index contributed by atoms with van der Waals surface area (Å²) in [5.41, 5.74) is 3.78. The van der Waals surface area contributed by atoms with E-state index < -0.39 is 0 Å². The van der Waals surface area contributed by atoms with Gasteiger partial charge in [-0.15, -0.1) is 11.3 Å². The summed E-state index contributed by atoms with van der Waals surface area (Å²) in [6.45, 7) is 0.587. The number of hydrogen-bond acceptors (Lipinski definition) is 5. The summed E-state index contributed by atoms with van der Waals surface area (Å²) in [6.07, 6.45) is 5.31. The lowest BCUT2D eigenvalue weighted by atomic mass is 10.2. The zero-order valence-electron chi connectivity index (χ0n) is 16.1. The second kappa shape index (κ2) is 8.31. The minimum atomic E-state index is 0.587. The van der Waals surface area contributed by atoms with Crippen molar-refractivity contribution in [2.24, 2.45) is 10.1 Å². The fourth-order valence-electron chi connectivity index (χ4n) is 3.12. The molecule has 0 aliphatic carbocycles. The van der Waals surface area contributed by atoms with Gasteiger partial charge in [0.25, 0.3) is 0 Å². The number of benzene rings is 2. The van der Waals surface area contributed by atoms with E-state index in [1.165, 1.54) is 0 Å². The van der Waals surface area contributed by atoms with Gasteiger partial charge in [-0.25, -0.2) is 4.68 Å². The molecule has 0 spiro atoms. The van der Waals surface area contributed by atoms with Crippen LogP contribution in [0.2, 0.25) is 0 Å². The molecule has 0 amide bonds. The summed E-state index contributed by atoms with van der Waals surface area (Å²) in [5, 5.41) is 7.79. The molecule has 146 valence electrons. The zero-order chi connectivity index (χ0) is 20.2. The molecule has 30 heavy (non-hydrogen) atoms. The highest BCUT2D eigenvalue weighted by Gasteiger charge is 2.12. The van der Waals surface area contributed by atoms with Crippen molar-refractivity contribution in [3.05, 3.63) is 106 Å². The Bertz CT molecular complexity index is 1330. The van der Waals surface area contributed by atoms with E-state index in [4.69, 9.17) is 14.5 Å². The van der Waals surface area contributed by atoms with E-state index in [1.807, 2.05) is 70.7 Å². The molecule has 6 heteroatoms. The number of furan rings is 1. The minimum Gasteiger partial charge on any atom is -0.454 e. The smallest absolute Gasteiger partial charge is 0.206 e. The Hall–Kier alpha value is -3.77. The third kappa shape index (κ3) is 3.86. The van der Waals surface area contributed by atoms with Crippen LogP contribution < -0.4 is 4.80 Å². The van der Waals surface area contributed by atoms with Crippen LogP contribution in [-0.4, -0.2) is 15.9 Å². The van der Waals surface area contributed by atoms with Gasteiger partial charge in [0.2, 0.25) is 4.80 Å². The lowest BCUT2D eigenvalue weighted by Gasteiger charge is -2.01. The van der Waals surface area contributed by atoms with Crippen LogP contribution >= 0.6 is 11.3 Å². The highest BCUT2D eigenvalue weighted by atomic mass is 32.1. The van der Waals surface area contributed by atoms with Crippen molar-refractivity contribution in [1.29, 1.82) is 0 Å². The fraction of sp³-hybridized carbons (Fsp3) is 0.0417. The summed E-state index contributed by atoms with van der Waals surface area (Å²) in [5.74, 6) is 0.761. The van der Waals surface area contributed by atoms with Crippen molar-refractivity contribution < 1.29 is 4.42 Å². The van der Waals surface area contributed by atoms with E-state index in [1.54, 1.807) is 29.9 Å². The molecule has 2 aromatic carbocycles. The number of nitrogens with zero attached hydrogens (tertiary/aromatic N) is 4. The first-order chi connectivity index (χ1) is 14.9. The van der Waals surface area contributed by atoms with Gasteiger partial charge in [-0.2, -0.15) is 5.10 Å². The Morgan fingerprint density at radius 3 is 2.70 bits per heavy atom. The van der Waals surface area contributed by atoms with Gasteiger partial charge in [-0.3, -0.25) is 9.98 Å². The Labute approximate surface area is 177 Å². The van der Waals surface area contributed by atoms with Crippen molar-refractivity contribution >= 4 is 28.5 Å². The monoisotopic (exact) mass is 410 g/mol. The van der Waals surface area contributed by atoms with Crippen LogP contribution in [0.15, 0.2) is 105 Å². The SMILES string of the molecule is C(=Nn1c(-c2cc3ccccc3o2)csc1=NCc1ccccc1)c1cccnc1. The molecule has 0 fully saturated rings. The first kappa shape index (κ1) is 18.3. The van der Waals surface area contributed by atoms with Crippen LogP contribution in [0.1, 0.15) is 11.1 Å². The van der Waals surface area contributed by atoms with Crippen molar-refractivity contribution in [3.63, 3.8) is 0 Å². The molecule has 5 rings (SSSR count). The van der Waals surface area contributed by atoms with Crippen molar-refractivity contribution in [2.75, 3.05) is 0 Å². The highest BCUT2D eigenvalue weighted by Crippen LogP contribution is 2.28. The van der Waals surface area contributed by atoms with Gasteiger partial charge in [0.1, 0.15) is 11.3 Å². The largest absolute Gasteiger partial charge is 0.454 e. The van der Waals surface area contributed by atoms with E-state index >= 15 is 0 Å². The number of rotatable bonds is 5. The lowest BCUT2D eigenvalue weighted by Crippen LogP contribution is -2.12. The van der Waals surface area contributed by atoms with Gasteiger partial charge in [0.15, 0.2) is 5.76 Å². The molecule has 0 atom stereocenters. The van der Waals surface area contributed by atoms with Gasteiger partial charge < -0.3 is 4.42 Å². The fourth-order valence-corrected chi connectivity index (χ4v) is 3.93. The average molecular weight is 411 g/mol. The predicted octanol–water partition coefficient (Wildman–Crippen LogP) is 5.34. The van der Waals surface area contributed by atoms with E-state index in [-0.39, 0.29) is 0 Å². The minimum absolute atomic E-state index is 0.587. The highest BCUT2D eigenvalue weighted by molar-refractivity contribution is 7.07. The molecule has 0 radical (unpaired) electrons. The van der Waals surface area contributed by atoms with Crippen LogP contribution in [0.5, 0.6) is 0 Å². The maximum Gasteiger partial charge on any atom is 0.206 e. The van der Waals surface area contributed by atoms with Crippen LogP contribution in [-0.2, 0) is 6.54 Å². The topological polar surface area (TPSA) is 55.7 Å². The molecule has 5 aromatic rings. The number of hydrogen-bond donors (Lipinski definition) is 0. The molecule has 3 heterocycles. The van der Waals surface area contributed by atoms with Crippen LogP contribution in [0.4, 0.5) is 0 Å². The second-order valence-electron chi connectivity index (χ2n) is 6.70. The van der Waals surface area contributed by atoms with Gasteiger partial charge in [0.05, 0.1) is 12.8 Å². The van der Waals surface area contributed by atoms with Crippen molar-refractivity contribution in [2.45, 2.75) is 6.54 Å². The molecule has 0 unspecified atom stereocenters. The van der Waals surface area contributed by atoms with Crippen molar-refractivity contribution in [3.8, 4) is 11.5 Å². The first-order valence-corrected chi connectivity index (χ1v) is 10.4. The summed E-state index contributed by atoms with van der Waals surface area (Å²) in [7, 11) is 0. The normalized spacial score (nSPS) is 12.2. The number of aromatic nitrogens is 2. The zero-order valence-corrected chi connectivity index (χ0v) is 16.9. The summed E-state index contributed by atoms with van der Waals surface area (Å²) >= 11 is 1.54. The van der Waals surface area contributed by atoms with Crippen molar-refractivity contribution in [1.82, 2.24) is 9.66 Å². The molecular formula is C24H18N4OS. The van der Waals surface area contributed by atoms with Crippen LogP contribution in [0, 0.1) is 0 Å². The Morgan fingerprint density at radius 1 is 1.00 bits per heavy atom.